The van der Waals surface area contributed by atoms with E-state index in [2.05, 4.69) is 5.32 Å². The van der Waals surface area contributed by atoms with E-state index in [0.29, 0.717) is 18.0 Å². The summed E-state index contributed by atoms with van der Waals surface area (Å²) in [7, 11) is -3.65. The summed E-state index contributed by atoms with van der Waals surface area (Å²) in [6, 6.07) is 4.58. The van der Waals surface area contributed by atoms with Crippen molar-refractivity contribution in [2.45, 2.75) is 24.3 Å². The third kappa shape index (κ3) is 2.12. The molecule has 6 heteroatoms. The van der Waals surface area contributed by atoms with Crippen LogP contribution in [0.3, 0.4) is 0 Å². The Morgan fingerprint density at radius 2 is 2.31 bits per heavy atom. The van der Waals surface area contributed by atoms with Crippen LogP contribution in [-0.4, -0.2) is 21.1 Å². The van der Waals surface area contributed by atoms with E-state index < -0.39 is 10.0 Å². The van der Waals surface area contributed by atoms with Crippen molar-refractivity contribution in [3.8, 4) is 5.75 Å². The second kappa shape index (κ2) is 3.95. The summed E-state index contributed by atoms with van der Waals surface area (Å²) < 4.78 is 27.9. The molecule has 0 radical (unpaired) electrons. The highest BCUT2D eigenvalue weighted by molar-refractivity contribution is 7.89. The van der Waals surface area contributed by atoms with Crippen molar-refractivity contribution in [2.75, 3.05) is 11.9 Å². The van der Waals surface area contributed by atoms with Crippen molar-refractivity contribution in [3.63, 3.8) is 0 Å². The van der Waals surface area contributed by atoms with Crippen molar-refractivity contribution in [1.82, 2.24) is 0 Å². The van der Waals surface area contributed by atoms with Crippen LogP contribution in [0.15, 0.2) is 23.1 Å². The zero-order valence-corrected chi connectivity index (χ0v) is 9.75. The molecule has 1 aromatic carbocycles. The molecule has 1 heterocycles. The highest BCUT2D eigenvalue weighted by Gasteiger charge is 2.19. The number of benzene rings is 1. The van der Waals surface area contributed by atoms with Gasteiger partial charge < -0.3 is 10.1 Å². The van der Waals surface area contributed by atoms with E-state index >= 15 is 0 Å². The topological polar surface area (TPSA) is 81.4 Å². The first-order valence-electron chi connectivity index (χ1n) is 5.08. The fraction of sp³-hybridized carbons (Fsp3) is 0.400. The summed E-state index contributed by atoms with van der Waals surface area (Å²) in [5.74, 6) is 0.672. The lowest BCUT2D eigenvalue weighted by molar-refractivity contribution is 0.201. The average Bonchev–Trinajstić information content (AvgIpc) is 2.26. The molecule has 16 heavy (non-hydrogen) atoms. The summed E-state index contributed by atoms with van der Waals surface area (Å²) in [5.41, 5.74) is 0.677. The number of anilines is 1. The van der Waals surface area contributed by atoms with E-state index in [4.69, 9.17) is 9.88 Å². The van der Waals surface area contributed by atoms with Gasteiger partial charge in [-0.05, 0) is 24.6 Å². The first-order chi connectivity index (χ1) is 7.50. The lowest BCUT2D eigenvalue weighted by atomic mass is 10.2. The van der Waals surface area contributed by atoms with Crippen LogP contribution < -0.4 is 15.2 Å². The van der Waals surface area contributed by atoms with Crippen LogP contribution in [0.4, 0.5) is 5.69 Å². The number of ether oxygens (including phenoxy) is 1. The summed E-state index contributed by atoms with van der Waals surface area (Å²) in [6.07, 6.45) is 1.04. The molecule has 0 aromatic heterocycles. The molecule has 5 nitrogen and oxygen atoms in total. The minimum Gasteiger partial charge on any atom is -0.486 e. The van der Waals surface area contributed by atoms with Crippen molar-refractivity contribution < 1.29 is 13.2 Å². The summed E-state index contributed by atoms with van der Waals surface area (Å²) >= 11 is 0. The van der Waals surface area contributed by atoms with Crippen LogP contribution >= 0.6 is 0 Å². The van der Waals surface area contributed by atoms with Gasteiger partial charge in [-0.25, -0.2) is 13.6 Å². The smallest absolute Gasteiger partial charge is 0.238 e. The number of sulfonamides is 1. The molecule has 3 N–H and O–H groups in total. The van der Waals surface area contributed by atoms with E-state index in [1.807, 2.05) is 6.92 Å². The number of hydrogen-bond acceptors (Lipinski definition) is 4. The number of fused-ring (bicyclic) bond motifs is 1. The maximum Gasteiger partial charge on any atom is 0.238 e. The van der Waals surface area contributed by atoms with Gasteiger partial charge in [0, 0.05) is 0 Å². The van der Waals surface area contributed by atoms with E-state index in [-0.39, 0.29) is 11.0 Å². The molecule has 0 spiro atoms. The predicted octanol–water partition coefficient (Wildman–Crippen LogP) is 0.917. The van der Waals surface area contributed by atoms with Crippen LogP contribution in [0.2, 0.25) is 0 Å². The lowest BCUT2D eigenvalue weighted by Crippen LogP contribution is -2.30. The van der Waals surface area contributed by atoms with Crippen LogP contribution in [-0.2, 0) is 10.0 Å². The third-order valence-electron chi connectivity index (χ3n) is 2.55. The minimum absolute atomic E-state index is 0.0947. The maximum absolute atomic E-state index is 11.1. The Hall–Kier alpha value is -1.27. The molecule has 1 aliphatic rings. The molecule has 1 atom stereocenters. The quantitative estimate of drug-likeness (QED) is 0.808. The molecule has 1 aromatic rings. The van der Waals surface area contributed by atoms with Gasteiger partial charge in [0.05, 0.1) is 17.1 Å². The molecule has 0 aliphatic carbocycles. The van der Waals surface area contributed by atoms with Gasteiger partial charge >= 0.3 is 0 Å². The predicted molar refractivity (Wildman–Crippen MR) is 61.0 cm³/mol. The van der Waals surface area contributed by atoms with Gasteiger partial charge in [-0.15, -0.1) is 0 Å². The molecule has 0 bridgehead atoms. The van der Waals surface area contributed by atoms with Gasteiger partial charge in [0.1, 0.15) is 11.9 Å². The highest BCUT2D eigenvalue weighted by atomic mass is 32.2. The Labute approximate surface area is 94.6 Å². The van der Waals surface area contributed by atoms with E-state index in [1.165, 1.54) is 12.1 Å². The first kappa shape index (κ1) is 11.2. The molecule has 0 saturated heterocycles. The van der Waals surface area contributed by atoms with Crippen LogP contribution in [0.25, 0.3) is 0 Å². The Morgan fingerprint density at radius 1 is 1.56 bits per heavy atom. The second-order valence-corrected chi connectivity index (χ2v) is 5.29. The molecular weight excluding hydrogens is 228 g/mol. The SMILES string of the molecule is CCC1CNc2cc(S(N)(=O)=O)ccc2O1. The van der Waals surface area contributed by atoms with Gasteiger partial charge in [0.2, 0.25) is 10.0 Å². The van der Waals surface area contributed by atoms with Gasteiger partial charge in [0.15, 0.2) is 0 Å². The summed E-state index contributed by atoms with van der Waals surface area (Å²) in [4.78, 5) is 0.0947. The van der Waals surface area contributed by atoms with Gasteiger partial charge in [-0.1, -0.05) is 6.92 Å². The van der Waals surface area contributed by atoms with Crippen molar-refractivity contribution in [2.24, 2.45) is 5.14 Å². The lowest BCUT2D eigenvalue weighted by Gasteiger charge is -2.26. The summed E-state index contributed by atoms with van der Waals surface area (Å²) in [6.45, 7) is 2.72. The molecule has 1 aliphatic heterocycles. The minimum atomic E-state index is -3.65. The highest BCUT2D eigenvalue weighted by Crippen LogP contribution is 2.31. The Bertz CT molecular complexity index is 499. The zero-order valence-electron chi connectivity index (χ0n) is 8.93. The van der Waals surface area contributed by atoms with E-state index in [1.54, 1.807) is 6.07 Å². The Morgan fingerprint density at radius 3 is 2.94 bits per heavy atom. The van der Waals surface area contributed by atoms with Gasteiger partial charge in [-0.3, -0.25) is 0 Å². The number of hydrogen-bond donors (Lipinski definition) is 2. The van der Waals surface area contributed by atoms with Crippen LogP contribution in [0.5, 0.6) is 5.75 Å². The summed E-state index contributed by atoms with van der Waals surface area (Å²) in [5, 5.41) is 8.18. The van der Waals surface area contributed by atoms with Gasteiger partial charge in [0.25, 0.3) is 0 Å². The number of nitrogens with two attached hydrogens (primary N) is 1. The Kier molecular flexibility index (Phi) is 2.77. The standard InChI is InChI=1S/C10H14N2O3S/c1-2-7-6-12-9-5-8(16(11,13)14)3-4-10(9)15-7/h3-5,7,12H,2,6H2,1H3,(H2,11,13,14). The molecule has 88 valence electrons. The van der Waals surface area contributed by atoms with Crippen LogP contribution in [0.1, 0.15) is 13.3 Å². The average molecular weight is 242 g/mol. The first-order valence-corrected chi connectivity index (χ1v) is 6.62. The molecule has 0 fully saturated rings. The second-order valence-electron chi connectivity index (χ2n) is 3.73. The Balaban J connectivity index is 2.35. The largest absolute Gasteiger partial charge is 0.486 e. The number of primary sulfonamides is 1. The monoisotopic (exact) mass is 242 g/mol. The van der Waals surface area contributed by atoms with Crippen molar-refractivity contribution in [3.05, 3.63) is 18.2 Å². The fourth-order valence-electron chi connectivity index (χ4n) is 1.60. The molecule has 0 amide bonds. The fourth-order valence-corrected chi connectivity index (χ4v) is 2.14. The number of rotatable bonds is 2. The molecule has 2 rings (SSSR count). The third-order valence-corrected chi connectivity index (χ3v) is 3.46. The molecular formula is C10H14N2O3S. The number of nitrogens with one attached hydrogen (secondary N) is 1. The van der Waals surface area contributed by atoms with Crippen LogP contribution in [0, 0.1) is 0 Å². The molecule has 1 unspecified atom stereocenters. The normalized spacial score (nSPS) is 19.5. The van der Waals surface area contributed by atoms with Crippen molar-refractivity contribution in [1.29, 1.82) is 0 Å². The zero-order chi connectivity index (χ0) is 11.8. The van der Waals surface area contributed by atoms with Crippen molar-refractivity contribution >= 4 is 15.7 Å². The molecule has 0 saturated carbocycles. The maximum atomic E-state index is 11.1. The van der Waals surface area contributed by atoms with E-state index in [0.717, 1.165) is 6.42 Å². The van der Waals surface area contributed by atoms with E-state index in [9.17, 15) is 8.42 Å². The van der Waals surface area contributed by atoms with Gasteiger partial charge in [-0.2, -0.15) is 0 Å².